The van der Waals surface area contributed by atoms with Gasteiger partial charge >= 0.3 is 0 Å². The highest BCUT2D eigenvalue weighted by molar-refractivity contribution is 5.21. The molecule has 2 rings (SSSR count). The van der Waals surface area contributed by atoms with Crippen molar-refractivity contribution in [2.75, 3.05) is 7.05 Å². The minimum Gasteiger partial charge on any atom is -0.326 e. The normalized spacial score (nSPS) is 20.6. The number of hydrogen-bond donors (Lipinski definition) is 1. The van der Waals surface area contributed by atoms with E-state index in [2.05, 4.69) is 11.9 Å². The monoisotopic (exact) mass is 278 g/mol. The molecule has 1 saturated carbocycles. The minimum atomic E-state index is -0.186. The summed E-state index contributed by atoms with van der Waals surface area (Å²) in [5.41, 5.74) is 7.34. The number of halogens is 1. The Morgan fingerprint density at radius 1 is 1.10 bits per heavy atom. The van der Waals surface area contributed by atoms with Gasteiger partial charge in [0.15, 0.2) is 0 Å². The molecule has 0 radical (unpaired) electrons. The van der Waals surface area contributed by atoms with Crippen LogP contribution in [-0.4, -0.2) is 24.0 Å². The van der Waals surface area contributed by atoms with Crippen LogP contribution < -0.4 is 5.73 Å². The van der Waals surface area contributed by atoms with Gasteiger partial charge in [-0.25, -0.2) is 4.39 Å². The third kappa shape index (κ3) is 3.80. The van der Waals surface area contributed by atoms with Crippen molar-refractivity contribution in [3.8, 4) is 0 Å². The molecule has 1 fully saturated rings. The molecule has 2 unspecified atom stereocenters. The Balaban J connectivity index is 2.16. The molecule has 1 aromatic rings. The maximum absolute atomic E-state index is 13.1. The molecule has 1 aliphatic rings. The molecule has 0 spiro atoms. The van der Waals surface area contributed by atoms with Gasteiger partial charge in [-0.3, -0.25) is 4.90 Å². The van der Waals surface area contributed by atoms with E-state index in [-0.39, 0.29) is 17.9 Å². The molecular formula is C17H27FN2. The lowest BCUT2D eigenvalue weighted by Gasteiger charge is -2.37. The Labute approximate surface area is 122 Å². The van der Waals surface area contributed by atoms with Crippen molar-refractivity contribution in [2.45, 2.75) is 63.6 Å². The van der Waals surface area contributed by atoms with E-state index in [9.17, 15) is 4.39 Å². The lowest BCUT2D eigenvalue weighted by molar-refractivity contribution is 0.141. The number of hydrogen-bond acceptors (Lipinski definition) is 2. The van der Waals surface area contributed by atoms with E-state index < -0.39 is 0 Å². The second-order valence-electron chi connectivity index (χ2n) is 6.17. The van der Waals surface area contributed by atoms with Crippen molar-refractivity contribution < 1.29 is 4.39 Å². The Bertz CT molecular complexity index is 394. The smallest absolute Gasteiger partial charge is 0.123 e. The zero-order valence-electron chi connectivity index (χ0n) is 12.7. The molecule has 0 aromatic heterocycles. The molecule has 1 aromatic carbocycles. The molecule has 0 aliphatic heterocycles. The average molecular weight is 278 g/mol. The molecule has 2 nitrogen and oxygen atoms in total. The summed E-state index contributed by atoms with van der Waals surface area (Å²) in [6.07, 6.45) is 7.82. The van der Waals surface area contributed by atoms with Crippen LogP contribution in [0.4, 0.5) is 4.39 Å². The molecule has 20 heavy (non-hydrogen) atoms. The summed E-state index contributed by atoms with van der Waals surface area (Å²) in [5.74, 6) is -0.186. The second kappa shape index (κ2) is 7.19. The summed E-state index contributed by atoms with van der Waals surface area (Å²) < 4.78 is 13.1. The van der Waals surface area contributed by atoms with Crippen LogP contribution in [0, 0.1) is 5.82 Å². The third-order valence-electron chi connectivity index (χ3n) is 4.55. The highest BCUT2D eigenvalue weighted by atomic mass is 19.1. The quantitative estimate of drug-likeness (QED) is 0.847. The SMILES string of the molecule is CC(N)C(c1ccc(F)cc1)N(C)C1CCCCCC1. The number of nitrogens with zero attached hydrogens (tertiary/aromatic N) is 1. The molecule has 1 aliphatic carbocycles. The maximum Gasteiger partial charge on any atom is 0.123 e. The van der Waals surface area contributed by atoms with Crippen LogP contribution in [0.15, 0.2) is 24.3 Å². The number of likely N-dealkylation sites (N-methyl/N-ethyl adjacent to an activating group) is 1. The largest absolute Gasteiger partial charge is 0.326 e. The van der Waals surface area contributed by atoms with Gasteiger partial charge in [0.1, 0.15) is 5.82 Å². The first kappa shape index (κ1) is 15.5. The predicted molar refractivity (Wildman–Crippen MR) is 82.0 cm³/mol. The summed E-state index contributed by atoms with van der Waals surface area (Å²) in [6.45, 7) is 2.04. The van der Waals surface area contributed by atoms with Crippen LogP contribution in [-0.2, 0) is 0 Å². The van der Waals surface area contributed by atoms with Crippen LogP contribution in [0.1, 0.15) is 57.1 Å². The highest BCUT2D eigenvalue weighted by Crippen LogP contribution is 2.30. The Hall–Kier alpha value is -0.930. The maximum atomic E-state index is 13.1. The molecule has 0 heterocycles. The summed E-state index contributed by atoms with van der Waals surface area (Å²) in [6, 6.07) is 7.61. The van der Waals surface area contributed by atoms with Crippen molar-refractivity contribution >= 4 is 0 Å². The van der Waals surface area contributed by atoms with Gasteiger partial charge in [-0.15, -0.1) is 0 Å². The minimum absolute atomic E-state index is 0.0358. The van der Waals surface area contributed by atoms with Gasteiger partial charge < -0.3 is 5.73 Å². The molecular weight excluding hydrogens is 251 g/mol. The number of benzene rings is 1. The molecule has 112 valence electrons. The first-order valence-corrected chi connectivity index (χ1v) is 7.82. The van der Waals surface area contributed by atoms with Crippen LogP contribution >= 0.6 is 0 Å². The van der Waals surface area contributed by atoms with Crippen LogP contribution in [0.5, 0.6) is 0 Å². The fourth-order valence-electron chi connectivity index (χ4n) is 3.46. The summed E-state index contributed by atoms with van der Waals surface area (Å²) in [7, 11) is 2.17. The van der Waals surface area contributed by atoms with E-state index in [1.807, 2.05) is 19.1 Å². The van der Waals surface area contributed by atoms with Gasteiger partial charge in [0.25, 0.3) is 0 Å². The van der Waals surface area contributed by atoms with E-state index in [1.54, 1.807) is 0 Å². The summed E-state index contributed by atoms with van der Waals surface area (Å²) in [4.78, 5) is 2.42. The zero-order chi connectivity index (χ0) is 14.5. The van der Waals surface area contributed by atoms with E-state index in [0.717, 1.165) is 5.56 Å². The van der Waals surface area contributed by atoms with Gasteiger partial charge in [-0.1, -0.05) is 37.8 Å². The number of rotatable bonds is 4. The molecule has 0 bridgehead atoms. The second-order valence-corrected chi connectivity index (χ2v) is 6.17. The Morgan fingerprint density at radius 2 is 1.65 bits per heavy atom. The van der Waals surface area contributed by atoms with Crippen molar-refractivity contribution in [3.63, 3.8) is 0 Å². The van der Waals surface area contributed by atoms with Crippen LogP contribution in [0.25, 0.3) is 0 Å². The third-order valence-corrected chi connectivity index (χ3v) is 4.55. The lowest BCUT2D eigenvalue weighted by atomic mass is 9.96. The van der Waals surface area contributed by atoms with Gasteiger partial charge in [-0.2, -0.15) is 0 Å². The fraction of sp³-hybridized carbons (Fsp3) is 0.647. The van der Waals surface area contributed by atoms with E-state index >= 15 is 0 Å². The first-order chi connectivity index (χ1) is 9.59. The van der Waals surface area contributed by atoms with Crippen molar-refractivity contribution in [1.29, 1.82) is 0 Å². The Morgan fingerprint density at radius 3 is 2.15 bits per heavy atom. The van der Waals surface area contributed by atoms with Crippen LogP contribution in [0.2, 0.25) is 0 Å². The van der Waals surface area contributed by atoms with Gasteiger partial charge in [0.2, 0.25) is 0 Å². The van der Waals surface area contributed by atoms with Crippen molar-refractivity contribution in [1.82, 2.24) is 4.90 Å². The Kier molecular flexibility index (Phi) is 5.55. The number of nitrogens with two attached hydrogens (primary N) is 1. The van der Waals surface area contributed by atoms with Crippen molar-refractivity contribution in [2.24, 2.45) is 5.73 Å². The first-order valence-electron chi connectivity index (χ1n) is 7.82. The van der Waals surface area contributed by atoms with Gasteiger partial charge in [0, 0.05) is 18.1 Å². The lowest BCUT2D eigenvalue weighted by Crippen LogP contribution is -2.42. The van der Waals surface area contributed by atoms with Gasteiger partial charge in [-0.05, 0) is 44.5 Å². The molecule has 2 N–H and O–H groups in total. The van der Waals surface area contributed by atoms with E-state index in [0.29, 0.717) is 6.04 Å². The van der Waals surface area contributed by atoms with Crippen LogP contribution in [0.3, 0.4) is 0 Å². The van der Waals surface area contributed by atoms with E-state index in [1.165, 1.54) is 50.7 Å². The molecule has 0 amide bonds. The predicted octanol–water partition coefficient (Wildman–Crippen LogP) is 3.87. The summed E-state index contributed by atoms with van der Waals surface area (Å²) in [5, 5.41) is 0. The fourth-order valence-corrected chi connectivity index (χ4v) is 3.46. The molecule has 2 atom stereocenters. The highest BCUT2D eigenvalue weighted by Gasteiger charge is 2.27. The summed E-state index contributed by atoms with van der Waals surface area (Å²) >= 11 is 0. The van der Waals surface area contributed by atoms with Crippen molar-refractivity contribution in [3.05, 3.63) is 35.6 Å². The standard InChI is InChI=1S/C17H27FN2/c1-13(19)17(14-9-11-15(18)12-10-14)20(2)16-7-5-3-4-6-8-16/h9-13,16-17H,3-8,19H2,1-2H3. The van der Waals surface area contributed by atoms with Gasteiger partial charge in [0.05, 0.1) is 0 Å². The molecule has 0 saturated heterocycles. The average Bonchev–Trinajstić information content (AvgIpc) is 2.69. The zero-order valence-corrected chi connectivity index (χ0v) is 12.7. The van der Waals surface area contributed by atoms with E-state index in [4.69, 9.17) is 5.73 Å². The topological polar surface area (TPSA) is 29.3 Å². The molecule has 3 heteroatoms.